The molecule has 3 aromatic carbocycles. The number of nitrogens with zero attached hydrogens (tertiary/aromatic N) is 2. The van der Waals surface area contributed by atoms with Crippen molar-refractivity contribution in [2.75, 3.05) is 45.9 Å². The number of rotatable bonds is 9. The minimum atomic E-state index is -0.397. The Bertz CT molecular complexity index is 1170. The summed E-state index contributed by atoms with van der Waals surface area (Å²) in [6.07, 6.45) is 1.00. The molecule has 2 aliphatic heterocycles. The fraction of sp³-hybridized carbons (Fsp3) is 0.455. The number of hydrogen-bond donors (Lipinski definition) is 1. The monoisotopic (exact) mass is 513 g/mol. The summed E-state index contributed by atoms with van der Waals surface area (Å²) in [4.78, 5) is 5.08. The summed E-state index contributed by atoms with van der Waals surface area (Å²) in [5.74, 6) is 1.01. The molecule has 2 heterocycles. The summed E-state index contributed by atoms with van der Waals surface area (Å²) in [5.41, 5.74) is 13.7. The lowest BCUT2D eigenvalue weighted by atomic mass is 9.88. The highest BCUT2D eigenvalue weighted by Crippen LogP contribution is 2.46. The van der Waals surface area contributed by atoms with Crippen LogP contribution in [0, 0.1) is 20.8 Å². The molecule has 2 unspecified atom stereocenters. The second-order valence-corrected chi connectivity index (χ2v) is 11.3. The second kappa shape index (κ2) is 11.6. The van der Waals surface area contributed by atoms with Crippen LogP contribution in [0.25, 0.3) is 0 Å². The molecule has 2 N–H and O–H groups in total. The maximum atomic E-state index is 6.80. The Hall–Kier alpha value is -2.70. The van der Waals surface area contributed by atoms with Crippen molar-refractivity contribution in [2.24, 2.45) is 5.73 Å². The van der Waals surface area contributed by atoms with Crippen LogP contribution >= 0.6 is 0 Å². The molecule has 2 atom stereocenters. The number of hydrogen-bond acceptors (Lipinski definition) is 5. The molecule has 0 bridgehead atoms. The fourth-order valence-corrected chi connectivity index (χ4v) is 6.07. The highest BCUT2D eigenvalue weighted by Gasteiger charge is 2.45. The maximum Gasteiger partial charge on any atom is 0.138 e. The van der Waals surface area contributed by atoms with Gasteiger partial charge in [-0.2, -0.15) is 0 Å². The van der Waals surface area contributed by atoms with E-state index >= 15 is 0 Å². The Morgan fingerprint density at radius 3 is 2.08 bits per heavy atom. The van der Waals surface area contributed by atoms with Gasteiger partial charge < -0.3 is 20.1 Å². The first-order valence-electron chi connectivity index (χ1n) is 14.1. The molecule has 0 spiro atoms. The average Bonchev–Trinajstić information content (AvgIpc) is 3.20. The Morgan fingerprint density at radius 2 is 1.47 bits per heavy atom. The number of aryl methyl sites for hydroxylation is 2. The summed E-state index contributed by atoms with van der Waals surface area (Å²) in [5, 5.41) is 0. The number of benzene rings is 3. The van der Waals surface area contributed by atoms with Gasteiger partial charge in [-0.25, -0.2) is 0 Å². The molecule has 0 amide bonds. The minimum absolute atomic E-state index is 0.0224. The molecular weight excluding hydrogens is 470 g/mol. The van der Waals surface area contributed by atoms with Gasteiger partial charge in [0, 0.05) is 51.4 Å². The molecule has 3 aromatic rings. The summed E-state index contributed by atoms with van der Waals surface area (Å²) in [6.45, 7) is 15.5. The molecule has 5 rings (SSSR count). The molecule has 202 valence electrons. The van der Waals surface area contributed by atoms with E-state index in [-0.39, 0.29) is 12.1 Å². The summed E-state index contributed by atoms with van der Waals surface area (Å²) >= 11 is 0. The van der Waals surface area contributed by atoms with Gasteiger partial charge in [-0.05, 0) is 61.9 Å². The molecule has 0 aromatic heterocycles. The van der Waals surface area contributed by atoms with Crippen molar-refractivity contribution in [3.8, 4) is 5.75 Å². The van der Waals surface area contributed by atoms with E-state index in [9.17, 15) is 0 Å². The van der Waals surface area contributed by atoms with Gasteiger partial charge in [0.2, 0.25) is 0 Å². The van der Waals surface area contributed by atoms with Gasteiger partial charge in [0.1, 0.15) is 17.5 Å². The first-order chi connectivity index (χ1) is 18.4. The van der Waals surface area contributed by atoms with Gasteiger partial charge in [-0.1, -0.05) is 66.7 Å². The SMILES string of the molecule is Cc1cc(C)c2c(c1C)OC(C)(CN1CCN(CCCOC(c3ccccc3)c3ccccc3)CC1)C2N. The van der Waals surface area contributed by atoms with Gasteiger partial charge in [-0.3, -0.25) is 4.90 Å². The highest BCUT2D eigenvalue weighted by atomic mass is 16.5. The third-order valence-corrected chi connectivity index (χ3v) is 8.45. The van der Waals surface area contributed by atoms with E-state index < -0.39 is 5.60 Å². The van der Waals surface area contributed by atoms with E-state index in [1.54, 1.807) is 0 Å². The third-order valence-electron chi connectivity index (χ3n) is 8.45. The lowest BCUT2D eigenvalue weighted by Gasteiger charge is -2.40. The van der Waals surface area contributed by atoms with E-state index in [1.165, 1.54) is 33.4 Å². The van der Waals surface area contributed by atoms with Crippen molar-refractivity contribution < 1.29 is 9.47 Å². The number of nitrogens with two attached hydrogens (primary N) is 1. The number of ether oxygens (including phenoxy) is 2. The summed E-state index contributed by atoms with van der Waals surface area (Å²) in [6, 6.07) is 23.2. The standard InChI is InChI=1S/C33H43N3O2/c1-24-22-25(2)29-30(26(24)3)38-33(4,32(29)34)23-36-19-17-35(18-20-36)16-11-21-37-31(27-12-7-5-8-13-27)28-14-9-6-10-15-28/h5-10,12-15,22,31-32H,11,16-21,23,34H2,1-4H3. The van der Waals surface area contributed by atoms with Crippen molar-refractivity contribution in [2.45, 2.75) is 51.9 Å². The van der Waals surface area contributed by atoms with E-state index in [0.717, 1.165) is 58.0 Å². The molecule has 5 nitrogen and oxygen atoms in total. The van der Waals surface area contributed by atoms with Gasteiger partial charge in [0.05, 0.1) is 6.04 Å². The Morgan fingerprint density at radius 1 is 0.895 bits per heavy atom. The maximum absolute atomic E-state index is 6.80. The average molecular weight is 514 g/mol. The topological polar surface area (TPSA) is 51.0 Å². The van der Waals surface area contributed by atoms with E-state index in [2.05, 4.69) is 104 Å². The summed E-state index contributed by atoms with van der Waals surface area (Å²) in [7, 11) is 0. The fourth-order valence-electron chi connectivity index (χ4n) is 6.07. The van der Waals surface area contributed by atoms with Crippen LogP contribution in [0.15, 0.2) is 66.7 Å². The summed E-state index contributed by atoms with van der Waals surface area (Å²) < 4.78 is 13.0. The van der Waals surface area contributed by atoms with Crippen LogP contribution in [-0.2, 0) is 4.74 Å². The predicted molar refractivity (Wildman–Crippen MR) is 155 cm³/mol. The first-order valence-corrected chi connectivity index (χ1v) is 14.1. The second-order valence-electron chi connectivity index (χ2n) is 11.3. The largest absolute Gasteiger partial charge is 0.484 e. The minimum Gasteiger partial charge on any atom is -0.484 e. The Kier molecular flexibility index (Phi) is 8.20. The van der Waals surface area contributed by atoms with Gasteiger partial charge >= 0.3 is 0 Å². The molecular formula is C33H43N3O2. The van der Waals surface area contributed by atoms with Crippen molar-refractivity contribution in [1.29, 1.82) is 0 Å². The van der Waals surface area contributed by atoms with Crippen LogP contribution in [0.5, 0.6) is 5.75 Å². The zero-order chi connectivity index (χ0) is 26.7. The first kappa shape index (κ1) is 26.9. The Balaban J connectivity index is 1.10. The van der Waals surface area contributed by atoms with E-state index in [4.69, 9.17) is 15.2 Å². The molecule has 38 heavy (non-hydrogen) atoms. The van der Waals surface area contributed by atoms with E-state index in [0.29, 0.717) is 0 Å². The molecule has 0 aliphatic carbocycles. The zero-order valence-corrected chi connectivity index (χ0v) is 23.5. The van der Waals surface area contributed by atoms with Crippen molar-refractivity contribution in [1.82, 2.24) is 9.80 Å². The molecule has 0 radical (unpaired) electrons. The van der Waals surface area contributed by atoms with Crippen LogP contribution in [0.1, 0.15) is 58.9 Å². The Labute approximate surface area is 228 Å². The quantitative estimate of drug-likeness (QED) is 0.379. The van der Waals surface area contributed by atoms with Crippen LogP contribution in [-0.4, -0.2) is 61.3 Å². The third kappa shape index (κ3) is 5.67. The van der Waals surface area contributed by atoms with Gasteiger partial charge in [-0.15, -0.1) is 0 Å². The highest BCUT2D eigenvalue weighted by molar-refractivity contribution is 5.55. The van der Waals surface area contributed by atoms with Crippen LogP contribution in [0.2, 0.25) is 0 Å². The van der Waals surface area contributed by atoms with Gasteiger partial charge in [0.15, 0.2) is 0 Å². The van der Waals surface area contributed by atoms with Crippen LogP contribution < -0.4 is 10.5 Å². The number of piperazine rings is 1. The molecule has 5 heteroatoms. The lowest BCUT2D eigenvalue weighted by molar-refractivity contribution is 0.0197. The predicted octanol–water partition coefficient (Wildman–Crippen LogP) is 5.58. The molecule has 1 saturated heterocycles. The van der Waals surface area contributed by atoms with Crippen LogP contribution in [0.3, 0.4) is 0 Å². The number of fused-ring (bicyclic) bond motifs is 1. The molecule has 0 saturated carbocycles. The van der Waals surface area contributed by atoms with Crippen molar-refractivity contribution in [3.63, 3.8) is 0 Å². The van der Waals surface area contributed by atoms with E-state index in [1.807, 2.05) is 0 Å². The smallest absolute Gasteiger partial charge is 0.138 e. The lowest BCUT2D eigenvalue weighted by Crippen LogP contribution is -2.54. The van der Waals surface area contributed by atoms with Gasteiger partial charge in [0.25, 0.3) is 0 Å². The molecule has 1 fully saturated rings. The molecule has 2 aliphatic rings. The van der Waals surface area contributed by atoms with Crippen LogP contribution in [0.4, 0.5) is 0 Å². The van der Waals surface area contributed by atoms with Crippen molar-refractivity contribution >= 4 is 0 Å². The normalized spacial score (nSPS) is 22.0. The van der Waals surface area contributed by atoms with Crippen molar-refractivity contribution in [3.05, 3.63) is 100 Å². The zero-order valence-electron chi connectivity index (χ0n) is 23.5.